The molecule has 0 bridgehead atoms. The molecular formula is C13H19Cl2N5O. The molecule has 0 spiro atoms. The first-order chi connectivity index (χ1) is 9.22. The first-order valence-electron chi connectivity index (χ1n) is 6.24. The number of carbonyl (C=O) groups is 1. The number of nitrogens with two attached hydrogens (primary N) is 1. The molecule has 1 atom stereocenters. The number of nitrogens with zero attached hydrogens (tertiary/aromatic N) is 3. The molecule has 6 nitrogen and oxygen atoms in total. The van der Waals surface area contributed by atoms with Gasteiger partial charge >= 0.3 is 0 Å². The van der Waals surface area contributed by atoms with Crippen LogP contribution in [0.3, 0.4) is 0 Å². The van der Waals surface area contributed by atoms with Crippen LogP contribution in [-0.4, -0.2) is 26.7 Å². The molecule has 8 heteroatoms. The maximum atomic E-state index is 11.9. The van der Waals surface area contributed by atoms with E-state index in [1.54, 1.807) is 41.5 Å². The molecule has 2 aromatic heterocycles. The monoisotopic (exact) mass is 331 g/mol. The zero-order valence-corrected chi connectivity index (χ0v) is 13.2. The molecule has 116 valence electrons. The maximum absolute atomic E-state index is 11.9. The van der Waals surface area contributed by atoms with Gasteiger partial charge in [-0.3, -0.25) is 4.79 Å². The number of nitrogens with one attached hydrogen (secondary N) is 1. The van der Waals surface area contributed by atoms with Crippen molar-refractivity contribution in [2.45, 2.75) is 25.8 Å². The van der Waals surface area contributed by atoms with Crippen molar-refractivity contribution < 1.29 is 4.79 Å². The Balaban J connectivity index is 0.00000200. The zero-order valence-electron chi connectivity index (χ0n) is 11.6. The number of halogens is 2. The normalized spacial score (nSPS) is 11.0. The van der Waals surface area contributed by atoms with Gasteiger partial charge in [0.2, 0.25) is 5.91 Å². The van der Waals surface area contributed by atoms with Crippen molar-refractivity contribution in [2.24, 2.45) is 5.73 Å². The van der Waals surface area contributed by atoms with E-state index in [0.29, 0.717) is 17.9 Å². The van der Waals surface area contributed by atoms with E-state index in [2.05, 4.69) is 15.4 Å². The van der Waals surface area contributed by atoms with Gasteiger partial charge in [0, 0.05) is 18.6 Å². The Bertz CT molecular complexity index is 547. The largest absolute Gasteiger partial charge is 0.322 e. The summed E-state index contributed by atoms with van der Waals surface area (Å²) < 4.78 is 1.60. The minimum absolute atomic E-state index is 0. The highest BCUT2D eigenvalue weighted by atomic mass is 35.5. The average molecular weight is 332 g/mol. The molecule has 0 fully saturated rings. The predicted octanol–water partition coefficient (Wildman–Crippen LogP) is 2.18. The fraction of sp³-hybridized carbons (Fsp3) is 0.308. The van der Waals surface area contributed by atoms with E-state index in [1.807, 2.05) is 6.92 Å². The SMILES string of the molecule is CCCC(N)C(=O)Nc1cccnc1-n1cccn1.Cl.Cl. The van der Waals surface area contributed by atoms with Crippen molar-refractivity contribution >= 4 is 36.4 Å². The summed E-state index contributed by atoms with van der Waals surface area (Å²) in [6, 6.07) is 4.83. The molecule has 2 aromatic rings. The average Bonchev–Trinajstić information content (AvgIpc) is 2.93. The summed E-state index contributed by atoms with van der Waals surface area (Å²) in [5, 5.41) is 6.90. The van der Waals surface area contributed by atoms with Crippen LogP contribution >= 0.6 is 24.8 Å². The summed E-state index contributed by atoms with van der Waals surface area (Å²) in [6.07, 6.45) is 6.60. The Morgan fingerprint density at radius 2 is 2.14 bits per heavy atom. The summed E-state index contributed by atoms with van der Waals surface area (Å²) >= 11 is 0. The lowest BCUT2D eigenvalue weighted by Crippen LogP contribution is -2.35. The summed E-state index contributed by atoms with van der Waals surface area (Å²) in [6.45, 7) is 1.99. The highest BCUT2D eigenvalue weighted by Gasteiger charge is 2.15. The molecule has 21 heavy (non-hydrogen) atoms. The first-order valence-corrected chi connectivity index (χ1v) is 6.24. The Labute approximate surface area is 135 Å². The summed E-state index contributed by atoms with van der Waals surface area (Å²) in [7, 11) is 0. The van der Waals surface area contributed by atoms with Crippen LogP contribution < -0.4 is 11.1 Å². The molecule has 1 unspecified atom stereocenters. The predicted molar refractivity (Wildman–Crippen MR) is 87.4 cm³/mol. The Morgan fingerprint density at radius 1 is 1.38 bits per heavy atom. The molecule has 3 N–H and O–H groups in total. The van der Waals surface area contributed by atoms with Gasteiger partial charge in [-0.25, -0.2) is 9.67 Å². The molecule has 0 aliphatic heterocycles. The number of hydrogen-bond acceptors (Lipinski definition) is 4. The molecule has 1 amide bonds. The van der Waals surface area contributed by atoms with Gasteiger partial charge in [0.1, 0.15) is 0 Å². The van der Waals surface area contributed by atoms with Crippen molar-refractivity contribution in [1.82, 2.24) is 14.8 Å². The van der Waals surface area contributed by atoms with Gasteiger partial charge in [0.05, 0.1) is 11.7 Å². The van der Waals surface area contributed by atoms with Crippen molar-refractivity contribution in [2.75, 3.05) is 5.32 Å². The van der Waals surface area contributed by atoms with E-state index >= 15 is 0 Å². The summed E-state index contributed by atoms with van der Waals surface area (Å²) in [5.74, 6) is 0.368. The number of rotatable bonds is 5. The summed E-state index contributed by atoms with van der Waals surface area (Å²) in [4.78, 5) is 16.2. The van der Waals surface area contributed by atoms with Crippen LogP contribution in [0.5, 0.6) is 0 Å². The highest BCUT2D eigenvalue weighted by molar-refractivity contribution is 5.95. The Hall–Kier alpha value is -1.63. The van der Waals surface area contributed by atoms with Crippen LogP contribution in [0.1, 0.15) is 19.8 Å². The van der Waals surface area contributed by atoms with Gasteiger partial charge in [-0.2, -0.15) is 5.10 Å². The number of amides is 1. The lowest BCUT2D eigenvalue weighted by Gasteiger charge is -2.13. The van der Waals surface area contributed by atoms with Crippen LogP contribution in [0.2, 0.25) is 0 Å². The van der Waals surface area contributed by atoms with Crippen LogP contribution in [0.4, 0.5) is 5.69 Å². The van der Waals surface area contributed by atoms with Gasteiger partial charge in [-0.05, 0) is 24.6 Å². The molecule has 0 saturated carbocycles. The third kappa shape index (κ3) is 5.00. The second-order valence-electron chi connectivity index (χ2n) is 4.21. The molecule has 0 saturated heterocycles. The highest BCUT2D eigenvalue weighted by Crippen LogP contribution is 2.16. The lowest BCUT2D eigenvalue weighted by molar-refractivity contribution is -0.117. The zero-order chi connectivity index (χ0) is 13.7. The van der Waals surface area contributed by atoms with Crippen molar-refractivity contribution in [3.8, 4) is 5.82 Å². The van der Waals surface area contributed by atoms with E-state index < -0.39 is 6.04 Å². The molecule has 0 aromatic carbocycles. The fourth-order valence-corrected chi connectivity index (χ4v) is 1.74. The van der Waals surface area contributed by atoms with Gasteiger partial charge in [-0.1, -0.05) is 13.3 Å². The van der Waals surface area contributed by atoms with Crippen LogP contribution in [0.15, 0.2) is 36.8 Å². The topological polar surface area (TPSA) is 85.8 Å². The third-order valence-corrected chi connectivity index (χ3v) is 2.70. The molecule has 2 heterocycles. The number of aromatic nitrogens is 3. The van der Waals surface area contributed by atoms with Gasteiger partial charge in [0.25, 0.3) is 0 Å². The molecule has 0 aliphatic rings. The van der Waals surface area contributed by atoms with Gasteiger partial charge in [0.15, 0.2) is 5.82 Å². The van der Waals surface area contributed by atoms with Crippen molar-refractivity contribution in [3.05, 3.63) is 36.8 Å². The van der Waals surface area contributed by atoms with Crippen molar-refractivity contribution in [1.29, 1.82) is 0 Å². The molecule has 0 aliphatic carbocycles. The number of carbonyl (C=O) groups excluding carboxylic acids is 1. The maximum Gasteiger partial charge on any atom is 0.241 e. The second-order valence-corrected chi connectivity index (χ2v) is 4.21. The first kappa shape index (κ1) is 19.4. The smallest absolute Gasteiger partial charge is 0.241 e. The van der Waals surface area contributed by atoms with Crippen molar-refractivity contribution in [3.63, 3.8) is 0 Å². The Kier molecular flexibility index (Phi) is 8.61. The van der Waals surface area contributed by atoms with Crippen LogP contribution in [0.25, 0.3) is 5.82 Å². The molecular weight excluding hydrogens is 313 g/mol. The fourth-order valence-electron chi connectivity index (χ4n) is 1.74. The van der Waals surface area contributed by atoms with E-state index in [-0.39, 0.29) is 30.7 Å². The van der Waals surface area contributed by atoms with Gasteiger partial charge in [-0.15, -0.1) is 24.8 Å². The van der Waals surface area contributed by atoms with E-state index in [4.69, 9.17) is 5.73 Å². The van der Waals surface area contributed by atoms with Crippen LogP contribution in [-0.2, 0) is 4.79 Å². The van der Waals surface area contributed by atoms with E-state index in [9.17, 15) is 4.79 Å². The van der Waals surface area contributed by atoms with Gasteiger partial charge < -0.3 is 11.1 Å². The minimum atomic E-state index is -0.504. The number of hydrogen-bond donors (Lipinski definition) is 2. The minimum Gasteiger partial charge on any atom is -0.322 e. The number of pyridine rings is 1. The van der Waals surface area contributed by atoms with E-state index in [1.165, 1.54) is 0 Å². The standard InChI is InChI=1S/C13H17N5O.2ClH/c1-2-5-10(14)13(19)17-11-6-3-7-15-12(11)18-9-4-8-16-18;;/h3-4,6-10H,2,5,14H2,1H3,(H,17,19);2*1H. The quantitative estimate of drug-likeness (QED) is 0.879. The second kappa shape index (κ2) is 9.33. The number of anilines is 1. The third-order valence-electron chi connectivity index (χ3n) is 2.70. The lowest BCUT2D eigenvalue weighted by atomic mass is 10.1. The Morgan fingerprint density at radius 3 is 2.76 bits per heavy atom. The van der Waals surface area contributed by atoms with Crippen LogP contribution in [0, 0.1) is 0 Å². The molecule has 2 rings (SSSR count). The summed E-state index contributed by atoms with van der Waals surface area (Å²) in [5.41, 5.74) is 6.39. The molecule has 0 radical (unpaired) electrons. The van der Waals surface area contributed by atoms with E-state index in [0.717, 1.165) is 6.42 Å².